The van der Waals surface area contributed by atoms with Crippen molar-refractivity contribution in [1.82, 2.24) is 14.7 Å². The third-order valence-corrected chi connectivity index (χ3v) is 3.82. The van der Waals surface area contributed by atoms with E-state index in [1.807, 2.05) is 11.4 Å². The lowest BCUT2D eigenvalue weighted by Crippen LogP contribution is -2.27. The monoisotopic (exact) mass is 305 g/mol. The Kier molecular flexibility index (Phi) is 4.54. The lowest BCUT2D eigenvalue weighted by Gasteiger charge is -2.16. The van der Waals surface area contributed by atoms with Gasteiger partial charge in [-0.1, -0.05) is 0 Å². The number of hydrogen-bond acceptors (Lipinski definition) is 4. The van der Waals surface area contributed by atoms with Crippen LogP contribution in [0, 0.1) is 0 Å². The maximum absolute atomic E-state index is 12.2. The molecule has 2 rings (SSSR count). The highest BCUT2D eigenvalue weighted by Gasteiger charge is 2.15. The normalized spacial score (nSPS) is 11.0. The van der Waals surface area contributed by atoms with Gasteiger partial charge in [-0.05, 0) is 29.2 Å². The first-order valence-electron chi connectivity index (χ1n) is 6.19. The standard InChI is InChI=1S/C14H15N3O3S/c1-16(14(20)12-5-6-15-17(12)2)8-10-7-11(21-9-10)3-4-13(18)19/h3-7,9H,8H2,1-2H3,(H,18,19). The second kappa shape index (κ2) is 6.36. The molecule has 0 unspecified atom stereocenters. The Balaban J connectivity index is 2.03. The van der Waals surface area contributed by atoms with E-state index in [0.717, 1.165) is 16.5 Å². The number of carbonyl (C=O) groups is 2. The molecule has 2 heterocycles. The van der Waals surface area contributed by atoms with Crippen molar-refractivity contribution in [2.75, 3.05) is 7.05 Å². The maximum Gasteiger partial charge on any atom is 0.328 e. The molecule has 1 amide bonds. The predicted molar refractivity (Wildman–Crippen MR) is 80.0 cm³/mol. The molecule has 0 fully saturated rings. The summed E-state index contributed by atoms with van der Waals surface area (Å²) in [4.78, 5) is 25.1. The smallest absolute Gasteiger partial charge is 0.328 e. The van der Waals surface area contributed by atoms with Crippen LogP contribution in [0.5, 0.6) is 0 Å². The molecule has 2 aromatic rings. The number of thiophene rings is 1. The summed E-state index contributed by atoms with van der Waals surface area (Å²) in [5.74, 6) is -1.09. The van der Waals surface area contributed by atoms with Crippen molar-refractivity contribution < 1.29 is 14.7 Å². The lowest BCUT2D eigenvalue weighted by atomic mass is 10.2. The Morgan fingerprint density at radius 1 is 1.52 bits per heavy atom. The zero-order valence-corrected chi connectivity index (χ0v) is 12.5. The number of aliphatic carboxylic acids is 1. The first-order chi connectivity index (χ1) is 9.97. The SMILES string of the molecule is CN(Cc1csc(C=CC(=O)O)c1)C(=O)c1ccnn1C. The highest BCUT2D eigenvalue weighted by atomic mass is 32.1. The molecule has 7 heteroatoms. The van der Waals surface area contributed by atoms with Crippen LogP contribution in [0.1, 0.15) is 20.9 Å². The summed E-state index contributed by atoms with van der Waals surface area (Å²) in [5, 5.41) is 14.5. The Morgan fingerprint density at radius 2 is 2.29 bits per heavy atom. The topological polar surface area (TPSA) is 75.4 Å². The van der Waals surface area contributed by atoms with Gasteiger partial charge in [0.15, 0.2) is 0 Å². The number of carboxylic acid groups (broad SMARTS) is 1. The van der Waals surface area contributed by atoms with Gasteiger partial charge in [0.2, 0.25) is 0 Å². The second-order valence-electron chi connectivity index (χ2n) is 4.53. The Morgan fingerprint density at radius 3 is 2.90 bits per heavy atom. The van der Waals surface area contributed by atoms with E-state index in [1.165, 1.54) is 16.0 Å². The average Bonchev–Trinajstić information content (AvgIpc) is 3.04. The molecule has 0 saturated carbocycles. The largest absolute Gasteiger partial charge is 0.478 e. The van der Waals surface area contributed by atoms with E-state index in [2.05, 4.69) is 5.10 Å². The number of hydrogen-bond donors (Lipinski definition) is 1. The highest BCUT2D eigenvalue weighted by Crippen LogP contribution is 2.18. The highest BCUT2D eigenvalue weighted by molar-refractivity contribution is 7.11. The molecule has 1 N–H and O–H groups in total. The molecule has 110 valence electrons. The van der Waals surface area contributed by atoms with Crippen molar-refractivity contribution in [2.24, 2.45) is 7.05 Å². The van der Waals surface area contributed by atoms with Crippen molar-refractivity contribution in [2.45, 2.75) is 6.54 Å². The molecule has 21 heavy (non-hydrogen) atoms. The summed E-state index contributed by atoms with van der Waals surface area (Å²) in [6.45, 7) is 0.460. The molecule has 0 aliphatic heterocycles. The summed E-state index contributed by atoms with van der Waals surface area (Å²) in [6.07, 6.45) is 4.22. The summed E-state index contributed by atoms with van der Waals surface area (Å²) >= 11 is 1.44. The van der Waals surface area contributed by atoms with Crippen LogP contribution in [0.15, 0.2) is 29.8 Å². The van der Waals surface area contributed by atoms with E-state index in [4.69, 9.17) is 5.11 Å². The van der Waals surface area contributed by atoms with Crippen LogP contribution < -0.4 is 0 Å². The molecule has 0 atom stereocenters. The van der Waals surface area contributed by atoms with Gasteiger partial charge >= 0.3 is 5.97 Å². The number of rotatable bonds is 5. The third-order valence-electron chi connectivity index (χ3n) is 2.87. The first kappa shape index (κ1) is 15.0. The molecule has 0 bridgehead atoms. The van der Waals surface area contributed by atoms with Crippen LogP contribution in [0.25, 0.3) is 6.08 Å². The minimum atomic E-state index is -0.978. The van der Waals surface area contributed by atoms with Crippen molar-refractivity contribution in [1.29, 1.82) is 0 Å². The van der Waals surface area contributed by atoms with E-state index < -0.39 is 5.97 Å². The summed E-state index contributed by atoms with van der Waals surface area (Å²) in [5.41, 5.74) is 1.49. The van der Waals surface area contributed by atoms with Gasteiger partial charge in [-0.15, -0.1) is 11.3 Å². The zero-order chi connectivity index (χ0) is 15.4. The predicted octanol–water partition coefficient (Wildman–Crippen LogP) is 1.85. The first-order valence-corrected chi connectivity index (χ1v) is 7.07. The van der Waals surface area contributed by atoms with E-state index in [1.54, 1.807) is 37.3 Å². The number of carbonyl (C=O) groups excluding carboxylic acids is 1. The van der Waals surface area contributed by atoms with Gasteiger partial charge in [0.05, 0.1) is 0 Å². The average molecular weight is 305 g/mol. The number of amides is 1. The Hall–Kier alpha value is -2.41. The second-order valence-corrected chi connectivity index (χ2v) is 5.47. The van der Waals surface area contributed by atoms with E-state index in [9.17, 15) is 9.59 Å². The van der Waals surface area contributed by atoms with Gasteiger partial charge in [-0.3, -0.25) is 9.48 Å². The number of nitrogens with zero attached hydrogens (tertiary/aromatic N) is 3. The Labute approximate surface area is 125 Å². The summed E-state index contributed by atoms with van der Waals surface area (Å²) in [6, 6.07) is 3.55. The van der Waals surface area contributed by atoms with E-state index in [0.29, 0.717) is 12.2 Å². The molecule has 0 aliphatic rings. The molecule has 6 nitrogen and oxygen atoms in total. The maximum atomic E-state index is 12.2. The van der Waals surface area contributed by atoms with Gasteiger partial charge < -0.3 is 10.0 Å². The molecule has 0 saturated heterocycles. The van der Waals surface area contributed by atoms with Gasteiger partial charge in [-0.2, -0.15) is 5.10 Å². The Bertz CT molecular complexity index is 687. The number of aryl methyl sites for hydroxylation is 1. The fourth-order valence-corrected chi connectivity index (χ4v) is 2.64. The van der Waals surface area contributed by atoms with Crippen LogP contribution >= 0.6 is 11.3 Å². The minimum Gasteiger partial charge on any atom is -0.478 e. The van der Waals surface area contributed by atoms with Crippen molar-refractivity contribution >= 4 is 29.3 Å². The molecule has 0 aliphatic carbocycles. The molecular formula is C14H15N3O3S. The summed E-state index contributed by atoms with van der Waals surface area (Å²) in [7, 11) is 3.44. The molecule has 2 aromatic heterocycles. The van der Waals surface area contributed by atoms with E-state index >= 15 is 0 Å². The van der Waals surface area contributed by atoms with Gasteiger partial charge in [0.25, 0.3) is 5.91 Å². The van der Waals surface area contributed by atoms with Gasteiger partial charge in [0, 0.05) is 37.8 Å². The van der Waals surface area contributed by atoms with Crippen molar-refractivity contribution in [3.8, 4) is 0 Å². The van der Waals surface area contributed by atoms with Gasteiger partial charge in [0.1, 0.15) is 5.69 Å². The van der Waals surface area contributed by atoms with Crippen LogP contribution in [-0.2, 0) is 18.4 Å². The fraction of sp³-hybridized carbons (Fsp3) is 0.214. The zero-order valence-electron chi connectivity index (χ0n) is 11.7. The third kappa shape index (κ3) is 3.79. The number of carboxylic acids is 1. The number of aromatic nitrogens is 2. The van der Waals surface area contributed by atoms with Crippen molar-refractivity contribution in [3.05, 3.63) is 45.9 Å². The minimum absolute atomic E-state index is 0.108. The van der Waals surface area contributed by atoms with Crippen LogP contribution in [-0.4, -0.2) is 38.7 Å². The van der Waals surface area contributed by atoms with Crippen molar-refractivity contribution in [3.63, 3.8) is 0 Å². The van der Waals surface area contributed by atoms with Gasteiger partial charge in [-0.25, -0.2) is 4.79 Å². The molecule has 0 radical (unpaired) electrons. The fourth-order valence-electron chi connectivity index (χ4n) is 1.84. The summed E-state index contributed by atoms with van der Waals surface area (Å²) < 4.78 is 1.54. The van der Waals surface area contributed by atoms with Crippen LogP contribution in [0.4, 0.5) is 0 Å². The van der Waals surface area contributed by atoms with E-state index in [-0.39, 0.29) is 5.91 Å². The quantitative estimate of drug-likeness (QED) is 0.855. The molecule has 0 spiro atoms. The van der Waals surface area contributed by atoms with Crippen LogP contribution in [0.3, 0.4) is 0 Å². The lowest BCUT2D eigenvalue weighted by molar-refractivity contribution is -0.131. The van der Waals surface area contributed by atoms with Crippen LogP contribution in [0.2, 0.25) is 0 Å². The molecule has 0 aromatic carbocycles. The molecular weight excluding hydrogens is 290 g/mol.